The standard InChI is InChI=1S/C34H33F3N4O3S/c1-24-8-6-7-11-32(24)45(42,43)40-20-18-39(19-21-40)28-16-17-30-31(22-28)41(23-26-12-14-27(15-13-26)34(35,36)37)33(38-30)25(2)44-29-9-4-3-5-10-29/h3-17,22,25H,18-21,23H2,1-2H3. The molecular weight excluding hydrogens is 601 g/mol. The topological polar surface area (TPSA) is 67.7 Å². The van der Waals surface area contributed by atoms with Crippen LogP contribution in [0.4, 0.5) is 18.9 Å². The first-order chi connectivity index (χ1) is 21.5. The molecule has 0 radical (unpaired) electrons. The highest BCUT2D eigenvalue weighted by atomic mass is 32.2. The van der Waals surface area contributed by atoms with Crippen molar-refractivity contribution in [3.8, 4) is 5.75 Å². The second-order valence-corrected chi connectivity index (χ2v) is 13.1. The number of para-hydroxylation sites is 1. The van der Waals surface area contributed by atoms with Gasteiger partial charge in [-0.2, -0.15) is 17.5 Å². The molecule has 6 rings (SSSR count). The van der Waals surface area contributed by atoms with Crippen molar-refractivity contribution in [2.24, 2.45) is 0 Å². The van der Waals surface area contributed by atoms with E-state index in [1.54, 1.807) is 25.1 Å². The van der Waals surface area contributed by atoms with Gasteiger partial charge in [0.25, 0.3) is 0 Å². The first-order valence-corrected chi connectivity index (χ1v) is 16.1. The molecule has 0 spiro atoms. The summed E-state index contributed by atoms with van der Waals surface area (Å²) in [7, 11) is -3.61. The van der Waals surface area contributed by atoms with Gasteiger partial charge >= 0.3 is 6.18 Å². The van der Waals surface area contributed by atoms with Gasteiger partial charge in [-0.25, -0.2) is 13.4 Å². The van der Waals surface area contributed by atoms with Crippen LogP contribution in [-0.2, 0) is 22.7 Å². The predicted octanol–water partition coefficient (Wildman–Crippen LogP) is 7.06. The minimum absolute atomic E-state index is 0.290. The molecule has 0 N–H and O–H groups in total. The molecule has 1 fully saturated rings. The fraction of sp³-hybridized carbons (Fsp3) is 0.265. The summed E-state index contributed by atoms with van der Waals surface area (Å²) >= 11 is 0. The van der Waals surface area contributed by atoms with Gasteiger partial charge in [0.15, 0.2) is 11.9 Å². The third-order valence-corrected chi connectivity index (χ3v) is 10.2. The zero-order chi connectivity index (χ0) is 31.8. The summed E-state index contributed by atoms with van der Waals surface area (Å²) in [5, 5.41) is 0. The van der Waals surface area contributed by atoms with E-state index in [1.807, 2.05) is 66.1 Å². The highest BCUT2D eigenvalue weighted by Crippen LogP contribution is 2.32. The number of ether oxygens (including phenoxy) is 1. The van der Waals surface area contributed by atoms with Crippen LogP contribution >= 0.6 is 0 Å². The summed E-state index contributed by atoms with van der Waals surface area (Å²) in [6.07, 6.45) is -4.87. The molecule has 0 saturated carbocycles. The van der Waals surface area contributed by atoms with E-state index in [0.717, 1.165) is 28.9 Å². The molecule has 45 heavy (non-hydrogen) atoms. The first kappa shape index (κ1) is 30.7. The maximum absolute atomic E-state index is 13.3. The van der Waals surface area contributed by atoms with E-state index in [0.29, 0.717) is 60.3 Å². The molecule has 0 aliphatic carbocycles. The van der Waals surface area contributed by atoms with Crippen molar-refractivity contribution in [3.63, 3.8) is 0 Å². The van der Waals surface area contributed by atoms with Gasteiger partial charge in [0.2, 0.25) is 10.0 Å². The Morgan fingerprint density at radius 3 is 2.20 bits per heavy atom. The van der Waals surface area contributed by atoms with E-state index in [1.165, 1.54) is 16.4 Å². The van der Waals surface area contributed by atoms with Gasteiger partial charge in [-0.1, -0.05) is 48.5 Å². The number of piperazine rings is 1. The molecule has 11 heteroatoms. The van der Waals surface area contributed by atoms with Gasteiger partial charge in [0.05, 0.1) is 21.5 Å². The normalized spacial score (nSPS) is 15.4. The number of alkyl halides is 3. The van der Waals surface area contributed by atoms with Crippen LogP contribution in [0.25, 0.3) is 11.0 Å². The lowest BCUT2D eigenvalue weighted by Crippen LogP contribution is -2.48. The zero-order valence-electron chi connectivity index (χ0n) is 24.9. The number of aryl methyl sites for hydroxylation is 1. The Labute approximate surface area is 260 Å². The first-order valence-electron chi connectivity index (χ1n) is 14.7. The van der Waals surface area contributed by atoms with Crippen LogP contribution < -0.4 is 9.64 Å². The van der Waals surface area contributed by atoms with Gasteiger partial charge in [-0.3, -0.25) is 0 Å². The van der Waals surface area contributed by atoms with Crippen molar-refractivity contribution >= 4 is 26.7 Å². The van der Waals surface area contributed by atoms with E-state index in [9.17, 15) is 21.6 Å². The minimum Gasteiger partial charge on any atom is -0.483 e. The van der Waals surface area contributed by atoms with Crippen molar-refractivity contribution in [1.29, 1.82) is 0 Å². The van der Waals surface area contributed by atoms with Gasteiger partial charge in [0.1, 0.15) is 5.75 Å². The van der Waals surface area contributed by atoms with E-state index >= 15 is 0 Å². The molecule has 1 aromatic heterocycles. The van der Waals surface area contributed by atoms with E-state index in [2.05, 4.69) is 4.90 Å². The molecule has 1 aliphatic heterocycles. The number of imidazole rings is 1. The summed E-state index contributed by atoms with van der Waals surface area (Å²) in [4.78, 5) is 7.35. The van der Waals surface area contributed by atoms with Crippen molar-refractivity contribution in [2.45, 2.75) is 37.6 Å². The highest BCUT2D eigenvalue weighted by molar-refractivity contribution is 7.89. The summed E-state index contributed by atoms with van der Waals surface area (Å²) in [6.45, 7) is 5.67. The summed E-state index contributed by atoms with van der Waals surface area (Å²) in [5.74, 6) is 1.32. The van der Waals surface area contributed by atoms with Crippen LogP contribution in [0.5, 0.6) is 5.75 Å². The Hall–Kier alpha value is -4.35. The van der Waals surface area contributed by atoms with Crippen molar-refractivity contribution in [1.82, 2.24) is 13.9 Å². The third-order valence-electron chi connectivity index (χ3n) is 8.12. The lowest BCUT2D eigenvalue weighted by Gasteiger charge is -2.35. The average molecular weight is 635 g/mol. The number of hydrogen-bond acceptors (Lipinski definition) is 5. The number of benzene rings is 4. The number of halogens is 3. The van der Waals surface area contributed by atoms with Gasteiger partial charge in [-0.15, -0.1) is 0 Å². The van der Waals surface area contributed by atoms with E-state index < -0.39 is 27.9 Å². The second kappa shape index (κ2) is 12.2. The highest BCUT2D eigenvalue weighted by Gasteiger charge is 2.31. The molecule has 234 valence electrons. The van der Waals surface area contributed by atoms with Crippen LogP contribution in [0.2, 0.25) is 0 Å². The summed E-state index contributed by atoms with van der Waals surface area (Å²) in [5.41, 5.74) is 3.15. The number of rotatable bonds is 8. The lowest BCUT2D eigenvalue weighted by atomic mass is 10.1. The molecule has 1 unspecified atom stereocenters. The van der Waals surface area contributed by atoms with Crippen LogP contribution in [-0.4, -0.2) is 48.5 Å². The van der Waals surface area contributed by atoms with Crippen molar-refractivity contribution in [2.75, 3.05) is 31.1 Å². The number of fused-ring (bicyclic) bond motifs is 1. The fourth-order valence-corrected chi connectivity index (χ4v) is 7.36. The molecule has 2 heterocycles. The molecule has 0 amide bonds. The van der Waals surface area contributed by atoms with Gasteiger partial charge < -0.3 is 14.2 Å². The van der Waals surface area contributed by atoms with Crippen LogP contribution in [0, 0.1) is 6.92 Å². The number of hydrogen-bond donors (Lipinski definition) is 0. The quantitative estimate of drug-likeness (QED) is 0.183. The summed E-state index contributed by atoms with van der Waals surface area (Å²) in [6, 6.07) is 27.4. The minimum atomic E-state index is -4.42. The Morgan fingerprint density at radius 2 is 1.53 bits per heavy atom. The summed E-state index contributed by atoms with van der Waals surface area (Å²) < 4.78 is 76.1. The average Bonchev–Trinajstić information content (AvgIpc) is 3.39. The molecule has 1 aliphatic rings. The monoisotopic (exact) mass is 634 g/mol. The molecule has 4 aromatic carbocycles. The third kappa shape index (κ3) is 6.41. The maximum Gasteiger partial charge on any atom is 0.416 e. The van der Waals surface area contributed by atoms with Gasteiger partial charge in [0, 0.05) is 38.4 Å². The smallest absolute Gasteiger partial charge is 0.416 e. The Morgan fingerprint density at radius 1 is 0.867 bits per heavy atom. The Bertz CT molecular complexity index is 1900. The van der Waals surface area contributed by atoms with Crippen molar-refractivity contribution < 1.29 is 26.3 Å². The maximum atomic E-state index is 13.3. The lowest BCUT2D eigenvalue weighted by molar-refractivity contribution is -0.137. The molecular formula is C34H33F3N4O3S. The number of nitrogens with zero attached hydrogens (tertiary/aromatic N) is 4. The number of anilines is 1. The molecule has 7 nitrogen and oxygen atoms in total. The molecule has 0 bridgehead atoms. The molecule has 1 atom stereocenters. The largest absolute Gasteiger partial charge is 0.483 e. The van der Waals surface area contributed by atoms with Crippen LogP contribution in [0.3, 0.4) is 0 Å². The fourth-order valence-electron chi connectivity index (χ4n) is 5.71. The Balaban J connectivity index is 1.29. The molecule has 5 aromatic rings. The molecule has 1 saturated heterocycles. The van der Waals surface area contributed by atoms with Gasteiger partial charge in [-0.05, 0) is 73.5 Å². The Kier molecular flexibility index (Phi) is 8.32. The van der Waals surface area contributed by atoms with Crippen molar-refractivity contribution in [3.05, 3.63) is 120 Å². The van der Waals surface area contributed by atoms with E-state index in [4.69, 9.17) is 9.72 Å². The SMILES string of the molecule is Cc1ccccc1S(=O)(=O)N1CCN(c2ccc3nc(C(C)Oc4ccccc4)n(Cc4ccc(C(F)(F)F)cc4)c3c2)CC1. The van der Waals surface area contributed by atoms with Crippen LogP contribution in [0.15, 0.2) is 102 Å². The number of sulfonamides is 1. The van der Waals surface area contributed by atoms with Crippen LogP contribution in [0.1, 0.15) is 35.5 Å². The zero-order valence-corrected chi connectivity index (χ0v) is 25.7. The number of aromatic nitrogens is 2. The second-order valence-electron chi connectivity index (χ2n) is 11.2. The van der Waals surface area contributed by atoms with E-state index in [-0.39, 0.29) is 0 Å². The predicted molar refractivity (Wildman–Crippen MR) is 168 cm³/mol.